The van der Waals surface area contributed by atoms with E-state index in [1.165, 1.54) is 30.4 Å². The van der Waals surface area contributed by atoms with E-state index < -0.39 is 0 Å². The van der Waals surface area contributed by atoms with Crippen LogP contribution in [0.4, 0.5) is 0 Å². The van der Waals surface area contributed by atoms with Crippen molar-refractivity contribution in [3.8, 4) is 0 Å². The van der Waals surface area contributed by atoms with Gasteiger partial charge in [0.25, 0.3) is 0 Å². The third-order valence-corrected chi connectivity index (χ3v) is 5.79. The summed E-state index contributed by atoms with van der Waals surface area (Å²) in [4.78, 5) is 15.1. The van der Waals surface area contributed by atoms with E-state index in [9.17, 15) is 0 Å². The summed E-state index contributed by atoms with van der Waals surface area (Å²) in [7, 11) is 0. The smallest absolute Gasteiger partial charge is 0.177 e. The lowest BCUT2D eigenvalue weighted by Gasteiger charge is -2.36. The molecular formula is C20H25ClN4. The van der Waals surface area contributed by atoms with Crippen LogP contribution in [0.5, 0.6) is 0 Å². The number of nitrogens with zero attached hydrogens (tertiary/aromatic N) is 3. The van der Waals surface area contributed by atoms with Gasteiger partial charge in [-0.15, -0.1) is 0 Å². The number of imidazole rings is 1. The van der Waals surface area contributed by atoms with Crippen LogP contribution in [-0.2, 0) is 0 Å². The van der Waals surface area contributed by atoms with E-state index in [0.717, 1.165) is 36.5 Å². The maximum absolute atomic E-state index is 6.06. The van der Waals surface area contributed by atoms with Gasteiger partial charge in [0.05, 0.1) is 16.6 Å². The van der Waals surface area contributed by atoms with Crippen molar-refractivity contribution in [2.45, 2.75) is 45.6 Å². The highest BCUT2D eigenvalue weighted by Gasteiger charge is 2.28. The number of pyridine rings is 1. The van der Waals surface area contributed by atoms with Gasteiger partial charge in [-0.1, -0.05) is 48.2 Å². The van der Waals surface area contributed by atoms with Gasteiger partial charge in [0.15, 0.2) is 5.65 Å². The van der Waals surface area contributed by atoms with E-state index in [1.807, 2.05) is 6.07 Å². The third-order valence-electron chi connectivity index (χ3n) is 5.59. The number of aromatic nitrogens is 3. The first kappa shape index (κ1) is 16.8. The Balaban J connectivity index is 1.58. The molecule has 0 spiro atoms. The summed E-state index contributed by atoms with van der Waals surface area (Å²) in [5.41, 5.74) is 4.70. The SMILES string of the molecule is CC1=CC=C(CN2CCCC[C@@H]2c2nc3ncc(Cl)cc3[nH]2)CC1C. The molecule has 1 aliphatic heterocycles. The van der Waals surface area contributed by atoms with Crippen LogP contribution in [0.3, 0.4) is 0 Å². The lowest BCUT2D eigenvalue weighted by Crippen LogP contribution is -2.36. The Bertz CT molecular complexity index is 835. The van der Waals surface area contributed by atoms with Crippen LogP contribution in [0.15, 0.2) is 35.6 Å². The first-order valence-electron chi connectivity index (χ1n) is 9.21. The first-order valence-corrected chi connectivity index (χ1v) is 9.59. The lowest BCUT2D eigenvalue weighted by atomic mass is 9.88. The van der Waals surface area contributed by atoms with Crippen molar-refractivity contribution in [1.82, 2.24) is 19.9 Å². The zero-order valence-electron chi connectivity index (χ0n) is 14.9. The fraction of sp³-hybridized carbons (Fsp3) is 0.500. The Hall–Kier alpha value is -1.65. The van der Waals surface area contributed by atoms with Crippen LogP contribution in [0.25, 0.3) is 11.2 Å². The minimum atomic E-state index is 0.338. The Morgan fingerprint density at radius 2 is 2.20 bits per heavy atom. The lowest BCUT2D eigenvalue weighted by molar-refractivity contribution is 0.154. The van der Waals surface area contributed by atoms with Crippen LogP contribution in [0.2, 0.25) is 5.02 Å². The molecule has 1 saturated heterocycles. The second-order valence-corrected chi connectivity index (χ2v) is 7.91. The zero-order chi connectivity index (χ0) is 17.4. The van der Waals surface area contributed by atoms with Crippen LogP contribution in [0.1, 0.15) is 51.4 Å². The second-order valence-electron chi connectivity index (χ2n) is 7.47. The van der Waals surface area contributed by atoms with Crippen LogP contribution < -0.4 is 0 Å². The Labute approximate surface area is 154 Å². The van der Waals surface area contributed by atoms with E-state index in [1.54, 1.807) is 6.20 Å². The van der Waals surface area contributed by atoms with E-state index in [4.69, 9.17) is 16.6 Å². The van der Waals surface area contributed by atoms with Crippen molar-refractivity contribution in [2.24, 2.45) is 5.92 Å². The van der Waals surface area contributed by atoms with Crippen molar-refractivity contribution in [3.05, 3.63) is 46.4 Å². The molecule has 0 saturated carbocycles. The number of allylic oxidation sites excluding steroid dienone is 3. The summed E-state index contributed by atoms with van der Waals surface area (Å²) in [6, 6.07) is 2.25. The Morgan fingerprint density at radius 3 is 3.04 bits per heavy atom. The molecule has 2 aromatic heterocycles. The molecule has 0 bridgehead atoms. The number of H-pyrrole nitrogens is 1. The number of piperidine rings is 1. The predicted octanol–water partition coefficient (Wildman–Crippen LogP) is 5.05. The molecule has 1 fully saturated rings. The summed E-state index contributed by atoms with van der Waals surface area (Å²) >= 11 is 6.06. The molecule has 1 unspecified atom stereocenters. The van der Waals surface area contributed by atoms with Crippen LogP contribution >= 0.6 is 11.6 Å². The summed E-state index contributed by atoms with van der Waals surface area (Å²) in [6.45, 7) is 6.71. The Kier molecular flexibility index (Phi) is 4.65. The largest absolute Gasteiger partial charge is 0.339 e. The number of nitrogens with one attached hydrogen (secondary N) is 1. The highest BCUT2D eigenvalue weighted by molar-refractivity contribution is 6.31. The molecule has 0 amide bonds. The van der Waals surface area contributed by atoms with Gasteiger partial charge in [0.2, 0.25) is 0 Å². The summed E-state index contributed by atoms with van der Waals surface area (Å²) in [5.74, 6) is 1.68. The number of halogens is 1. The van der Waals surface area contributed by atoms with Crippen molar-refractivity contribution >= 4 is 22.8 Å². The van der Waals surface area contributed by atoms with Gasteiger partial charge in [-0.25, -0.2) is 9.97 Å². The molecule has 5 heteroatoms. The molecule has 2 atom stereocenters. The van der Waals surface area contributed by atoms with Crippen molar-refractivity contribution < 1.29 is 0 Å². The molecule has 0 radical (unpaired) electrons. The fourth-order valence-corrected chi connectivity index (χ4v) is 4.11. The van der Waals surface area contributed by atoms with Gasteiger partial charge in [-0.3, -0.25) is 4.90 Å². The Morgan fingerprint density at radius 1 is 1.32 bits per heavy atom. The minimum Gasteiger partial charge on any atom is -0.339 e. The zero-order valence-corrected chi connectivity index (χ0v) is 15.7. The van der Waals surface area contributed by atoms with Crippen molar-refractivity contribution in [3.63, 3.8) is 0 Å². The molecule has 1 aliphatic carbocycles. The average Bonchev–Trinajstić information content (AvgIpc) is 3.01. The average molecular weight is 357 g/mol. The van der Waals surface area contributed by atoms with Gasteiger partial charge in [0.1, 0.15) is 5.82 Å². The maximum Gasteiger partial charge on any atom is 0.177 e. The normalized spacial score (nSPS) is 25.1. The van der Waals surface area contributed by atoms with E-state index in [0.29, 0.717) is 17.0 Å². The summed E-state index contributed by atoms with van der Waals surface area (Å²) < 4.78 is 0. The van der Waals surface area contributed by atoms with E-state index in [2.05, 4.69) is 40.9 Å². The number of aromatic amines is 1. The molecular weight excluding hydrogens is 332 g/mol. The van der Waals surface area contributed by atoms with Gasteiger partial charge in [-0.2, -0.15) is 0 Å². The number of hydrogen-bond donors (Lipinski definition) is 1. The quantitative estimate of drug-likeness (QED) is 0.836. The van der Waals surface area contributed by atoms with E-state index in [-0.39, 0.29) is 0 Å². The predicted molar refractivity (Wildman–Crippen MR) is 103 cm³/mol. The molecule has 132 valence electrons. The second kappa shape index (κ2) is 6.93. The number of fused-ring (bicyclic) bond motifs is 1. The molecule has 2 aliphatic rings. The summed E-state index contributed by atoms with van der Waals surface area (Å²) in [6.07, 6.45) is 11.1. The molecule has 0 aromatic carbocycles. The standard InChI is InChI=1S/C20H25ClN4/c1-13-6-7-15(9-14(13)2)12-25-8-4-3-5-18(25)20-23-17-10-16(21)11-22-19(17)24-20/h6-7,10-11,14,18H,3-5,8-9,12H2,1-2H3,(H,22,23,24)/t14?,18-/m1/s1. The minimum absolute atomic E-state index is 0.338. The molecule has 3 heterocycles. The van der Waals surface area contributed by atoms with Gasteiger partial charge < -0.3 is 4.98 Å². The molecule has 25 heavy (non-hydrogen) atoms. The van der Waals surface area contributed by atoms with Crippen LogP contribution in [-0.4, -0.2) is 32.9 Å². The number of hydrogen-bond acceptors (Lipinski definition) is 3. The van der Waals surface area contributed by atoms with E-state index >= 15 is 0 Å². The number of likely N-dealkylation sites (tertiary alicyclic amines) is 1. The highest BCUT2D eigenvalue weighted by Crippen LogP contribution is 2.33. The van der Waals surface area contributed by atoms with Gasteiger partial charge in [0, 0.05) is 12.7 Å². The maximum atomic E-state index is 6.06. The molecule has 4 rings (SSSR count). The molecule has 1 N–H and O–H groups in total. The van der Waals surface area contributed by atoms with Gasteiger partial charge >= 0.3 is 0 Å². The fourth-order valence-electron chi connectivity index (χ4n) is 3.95. The van der Waals surface area contributed by atoms with Crippen molar-refractivity contribution in [2.75, 3.05) is 13.1 Å². The number of rotatable bonds is 3. The van der Waals surface area contributed by atoms with Gasteiger partial charge in [-0.05, 0) is 44.7 Å². The third kappa shape index (κ3) is 3.51. The monoisotopic (exact) mass is 356 g/mol. The summed E-state index contributed by atoms with van der Waals surface area (Å²) in [5, 5.41) is 0.645. The topological polar surface area (TPSA) is 44.8 Å². The highest BCUT2D eigenvalue weighted by atomic mass is 35.5. The van der Waals surface area contributed by atoms with Crippen LogP contribution in [0, 0.1) is 5.92 Å². The van der Waals surface area contributed by atoms with Crippen molar-refractivity contribution in [1.29, 1.82) is 0 Å². The molecule has 4 nitrogen and oxygen atoms in total. The molecule has 2 aromatic rings. The first-order chi connectivity index (χ1) is 12.1.